The molecule has 4 nitrogen and oxygen atoms in total. The van der Waals surface area contributed by atoms with Crippen LogP contribution in [0.4, 0.5) is 0 Å². The molecule has 0 aliphatic carbocycles. The molecule has 0 atom stereocenters. The summed E-state index contributed by atoms with van der Waals surface area (Å²) in [5.41, 5.74) is 4.40. The zero-order valence-electron chi connectivity index (χ0n) is 5.78. The number of hydrogen-bond acceptors (Lipinski definition) is 2. The molecule has 0 aliphatic rings. The first-order valence-corrected chi connectivity index (χ1v) is 3.38. The Morgan fingerprint density at radius 1 is 1.50 bits per heavy atom. The molecule has 0 aromatic heterocycles. The standard InChI is InChI=1S/C4H7NOS.CH3NOS.Na.H/c1-2-3-5-4(6)7;2-1(3)4;;/h2H,1,3H2,(H2,5,6,7);(H3,2,3,4);;. The van der Waals surface area contributed by atoms with Crippen molar-refractivity contribution >= 4 is 64.3 Å². The van der Waals surface area contributed by atoms with Gasteiger partial charge in [-0.1, -0.05) is 6.08 Å². The second kappa shape index (κ2) is 13.7. The third-order valence-corrected chi connectivity index (χ3v) is 0.542. The van der Waals surface area contributed by atoms with Crippen molar-refractivity contribution in [2.45, 2.75) is 0 Å². The van der Waals surface area contributed by atoms with Crippen molar-refractivity contribution in [1.82, 2.24) is 5.32 Å². The molecule has 0 amide bonds. The van der Waals surface area contributed by atoms with E-state index in [0.717, 1.165) is 0 Å². The Balaban J connectivity index is -0.000000142. The van der Waals surface area contributed by atoms with Gasteiger partial charge in [-0.2, -0.15) is 0 Å². The van der Waals surface area contributed by atoms with E-state index in [1.165, 1.54) is 0 Å². The molecule has 0 aromatic carbocycles. The first kappa shape index (κ1) is 18.0. The van der Waals surface area contributed by atoms with Crippen molar-refractivity contribution in [2.24, 2.45) is 5.73 Å². The van der Waals surface area contributed by atoms with E-state index in [2.05, 4.69) is 42.1 Å². The number of nitrogens with two attached hydrogens (primary N) is 1. The van der Waals surface area contributed by atoms with Gasteiger partial charge < -0.3 is 21.3 Å². The average molecular weight is 218 g/mol. The number of hydrogen-bond donors (Lipinski definition) is 4. The average Bonchev–Trinajstić information content (AvgIpc) is 1.82. The normalized spacial score (nSPS) is 6.33. The molecule has 0 aromatic rings. The molecule has 0 saturated carbocycles. The van der Waals surface area contributed by atoms with Gasteiger partial charge in [0, 0.05) is 6.54 Å². The van der Waals surface area contributed by atoms with Crippen LogP contribution in [0.5, 0.6) is 0 Å². The Labute approximate surface area is 104 Å². The van der Waals surface area contributed by atoms with Crippen LogP contribution in [0.2, 0.25) is 0 Å². The minimum absolute atomic E-state index is 0. The molecule has 0 heterocycles. The second-order valence-corrected chi connectivity index (χ2v) is 2.12. The summed E-state index contributed by atoms with van der Waals surface area (Å²) in [5.74, 6) is 0. The van der Waals surface area contributed by atoms with Crippen LogP contribution in [0.15, 0.2) is 12.7 Å². The maximum atomic E-state index is 8.26. The summed E-state index contributed by atoms with van der Waals surface area (Å²) in [7, 11) is 0. The van der Waals surface area contributed by atoms with E-state index < -0.39 is 5.17 Å². The maximum absolute atomic E-state index is 8.26. The van der Waals surface area contributed by atoms with E-state index in [4.69, 9.17) is 10.2 Å². The number of rotatable bonds is 2. The van der Waals surface area contributed by atoms with Gasteiger partial charge in [-0.3, -0.25) is 0 Å². The Bertz CT molecular complexity index is 150. The van der Waals surface area contributed by atoms with Gasteiger partial charge in [-0.15, -0.1) is 6.58 Å². The van der Waals surface area contributed by atoms with Gasteiger partial charge >= 0.3 is 29.6 Å². The predicted molar refractivity (Wildman–Crippen MR) is 60.0 cm³/mol. The summed E-state index contributed by atoms with van der Waals surface area (Å²) in [6, 6.07) is 0. The zero-order valence-corrected chi connectivity index (χ0v) is 7.41. The molecule has 66 valence electrons. The van der Waals surface area contributed by atoms with Crippen LogP contribution < -0.4 is 11.1 Å². The van der Waals surface area contributed by atoms with Gasteiger partial charge in [0.15, 0.2) is 0 Å². The number of aliphatic hydroxyl groups excluding tert-OH is 2. The van der Waals surface area contributed by atoms with Gasteiger partial charge in [0.05, 0.1) is 0 Å². The van der Waals surface area contributed by atoms with Crippen LogP contribution in [0.25, 0.3) is 0 Å². The fraction of sp³-hybridized carbons (Fsp3) is 0.200. The van der Waals surface area contributed by atoms with E-state index in [1.54, 1.807) is 6.08 Å². The van der Waals surface area contributed by atoms with Crippen LogP contribution in [0, 0.1) is 0 Å². The summed E-state index contributed by atoms with van der Waals surface area (Å²) in [4.78, 5) is 0. The molecular weight excluding hydrogens is 207 g/mol. The van der Waals surface area contributed by atoms with Crippen molar-refractivity contribution in [3.05, 3.63) is 12.7 Å². The van der Waals surface area contributed by atoms with E-state index in [1.807, 2.05) is 0 Å². The summed E-state index contributed by atoms with van der Waals surface area (Å²) < 4.78 is 0. The first-order valence-electron chi connectivity index (χ1n) is 2.56. The van der Waals surface area contributed by atoms with Gasteiger partial charge in [0.2, 0.25) is 0 Å². The number of nitrogens with one attached hydrogen (secondary N) is 1. The summed E-state index contributed by atoms with van der Waals surface area (Å²) in [6.45, 7) is 3.92. The van der Waals surface area contributed by atoms with E-state index >= 15 is 0 Å². The van der Waals surface area contributed by atoms with Gasteiger partial charge in [0.25, 0.3) is 10.3 Å². The topological polar surface area (TPSA) is 78.5 Å². The number of thiocarbonyl (C=S) groups is 2. The van der Waals surface area contributed by atoms with Gasteiger partial charge in [-0.25, -0.2) is 0 Å². The molecule has 7 heteroatoms. The fourth-order valence-corrected chi connectivity index (χ4v) is 0.243. The molecule has 5 N–H and O–H groups in total. The van der Waals surface area contributed by atoms with E-state index in [0.29, 0.717) is 6.54 Å². The monoisotopic (exact) mass is 218 g/mol. The Morgan fingerprint density at radius 2 is 1.83 bits per heavy atom. The third-order valence-electron chi connectivity index (χ3n) is 0.398. The molecule has 0 saturated heterocycles. The van der Waals surface area contributed by atoms with Crippen molar-refractivity contribution in [3.63, 3.8) is 0 Å². The molecule has 0 spiro atoms. The van der Waals surface area contributed by atoms with E-state index in [9.17, 15) is 0 Å². The number of aliphatic hydroxyl groups is 2. The summed E-state index contributed by atoms with van der Waals surface area (Å²) in [5, 5.41) is 17.6. The van der Waals surface area contributed by atoms with Crippen LogP contribution in [0.3, 0.4) is 0 Å². The Hall–Kier alpha value is 0.120. The quantitative estimate of drug-likeness (QED) is 0.291. The van der Waals surface area contributed by atoms with Crippen molar-refractivity contribution in [1.29, 1.82) is 0 Å². The molecule has 0 aliphatic heterocycles. The first-order chi connectivity index (χ1) is 5.00. The van der Waals surface area contributed by atoms with Crippen molar-refractivity contribution in [2.75, 3.05) is 6.54 Å². The molecular formula is C5H11N2NaO2S2. The SMILES string of the molecule is C=CCNC(O)=S.NC(O)=S.[NaH]. The minimum atomic E-state index is -0.500. The van der Waals surface area contributed by atoms with Crippen molar-refractivity contribution < 1.29 is 10.2 Å². The van der Waals surface area contributed by atoms with Crippen molar-refractivity contribution in [3.8, 4) is 0 Å². The second-order valence-electron chi connectivity index (χ2n) is 1.31. The third kappa shape index (κ3) is 49.6. The van der Waals surface area contributed by atoms with Gasteiger partial charge in [0.1, 0.15) is 0 Å². The summed E-state index contributed by atoms with van der Waals surface area (Å²) in [6.07, 6.45) is 1.61. The molecule has 0 unspecified atom stereocenters. The predicted octanol–water partition coefficient (Wildman–Crippen LogP) is -0.256. The van der Waals surface area contributed by atoms with Crippen LogP contribution in [-0.2, 0) is 0 Å². The Morgan fingerprint density at radius 3 is 1.92 bits per heavy atom. The van der Waals surface area contributed by atoms with E-state index in [-0.39, 0.29) is 34.7 Å². The van der Waals surface area contributed by atoms with Crippen LogP contribution >= 0.6 is 24.4 Å². The molecule has 12 heavy (non-hydrogen) atoms. The summed E-state index contributed by atoms with van der Waals surface area (Å²) >= 11 is 8.13. The van der Waals surface area contributed by atoms with Gasteiger partial charge in [-0.05, 0) is 24.4 Å². The molecule has 0 radical (unpaired) electrons. The molecule has 0 fully saturated rings. The Kier molecular flexibility index (Phi) is 20.6. The molecule has 0 rings (SSSR count). The molecule has 0 bridgehead atoms. The zero-order chi connectivity index (χ0) is 9.28. The van der Waals surface area contributed by atoms with Crippen LogP contribution in [0.1, 0.15) is 0 Å². The van der Waals surface area contributed by atoms with Crippen LogP contribution in [-0.4, -0.2) is 56.7 Å². The fourth-order valence-electron chi connectivity index (χ4n) is 0.159.